The summed E-state index contributed by atoms with van der Waals surface area (Å²) in [6, 6.07) is 8.30. The first-order valence-corrected chi connectivity index (χ1v) is 6.14. The molecule has 0 radical (unpaired) electrons. The van der Waals surface area contributed by atoms with Crippen molar-refractivity contribution in [1.29, 1.82) is 0 Å². The van der Waals surface area contributed by atoms with Crippen molar-refractivity contribution in [2.75, 3.05) is 18.5 Å². The third kappa shape index (κ3) is 3.20. The molecule has 0 amide bonds. The highest BCUT2D eigenvalue weighted by atomic mass is 79.9. The van der Waals surface area contributed by atoms with Gasteiger partial charge in [0, 0.05) is 10.2 Å². The molecule has 1 aromatic carbocycles. The van der Waals surface area contributed by atoms with E-state index in [2.05, 4.69) is 21.2 Å². The molecule has 1 saturated heterocycles. The average molecular weight is 286 g/mol. The van der Waals surface area contributed by atoms with Crippen LogP contribution in [0.25, 0.3) is 0 Å². The Hall–Kier alpha value is -0.580. The Bertz CT molecular complexity index is 341. The minimum atomic E-state index is -0.447. The van der Waals surface area contributed by atoms with Gasteiger partial charge in [0.05, 0.1) is 19.3 Å². The Balaban J connectivity index is 1.89. The molecule has 0 aromatic heterocycles. The van der Waals surface area contributed by atoms with Gasteiger partial charge in [0.1, 0.15) is 0 Å². The predicted molar refractivity (Wildman–Crippen MR) is 67.5 cm³/mol. The van der Waals surface area contributed by atoms with Gasteiger partial charge in [-0.1, -0.05) is 15.9 Å². The number of ether oxygens (including phenoxy) is 2. The highest BCUT2D eigenvalue weighted by Gasteiger charge is 2.27. The van der Waals surface area contributed by atoms with Crippen molar-refractivity contribution in [2.45, 2.75) is 25.7 Å². The maximum atomic E-state index is 5.58. The van der Waals surface area contributed by atoms with Crippen LogP contribution in [0.5, 0.6) is 0 Å². The van der Waals surface area contributed by atoms with Gasteiger partial charge in [-0.05, 0) is 38.1 Å². The Labute approximate surface area is 104 Å². The van der Waals surface area contributed by atoms with Crippen LogP contribution >= 0.6 is 15.9 Å². The fourth-order valence-electron chi connectivity index (χ4n) is 1.56. The van der Waals surface area contributed by atoms with Gasteiger partial charge in [-0.2, -0.15) is 0 Å². The van der Waals surface area contributed by atoms with Crippen LogP contribution in [0.15, 0.2) is 28.7 Å². The number of anilines is 1. The van der Waals surface area contributed by atoms with Crippen LogP contribution in [0.1, 0.15) is 13.8 Å². The molecule has 3 nitrogen and oxygen atoms in total. The van der Waals surface area contributed by atoms with E-state index in [-0.39, 0.29) is 6.04 Å². The first-order valence-electron chi connectivity index (χ1n) is 5.35. The average Bonchev–Trinajstić information content (AvgIpc) is 2.24. The number of hydrogen-bond acceptors (Lipinski definition) is 3. The molecule has 1 fully saturated rings. The van der Waals surface area contributed by atoms with Crippen LogP contribution in [0.4, 0.5) is 5.69 Å². The van der Waals surface area contributed by atoms with Crippen molar-refractivity contribution < 1.29 is 9.47 Å². The normalized spacial score (nSPS) is 20.7. The molecule has 16 heavy (non-hydrogen) atoms. The molecule has 0 saturated carbocycles. The van der Waals surface area contributed by atoms with Crippen LogP contribution in [-0.4, -0.2) is 25.0 Å². The third-order valence-corrected chi connectivity index (χ3v) is 3.01. The fourth-order valence-corrected chi connectivity index (χ4v) is 1.82. The minimum absolute atomic E-state index is 0.217. The second-order valence-electron chi connectivity index (χ2n) is 4.37. The molecular weight excluding hydrogens is 270 g/mol. The minimum Gasteiger partial charge on any atom is -0.378 e. The van der Waals surface area contributed by atoms with Gasteiger partial charge in [0.25, 0.3) is 0 Å². The van der Waals surface area contributed by atoms with Crippen LogP contribution in [0.2, 0.25) is 0 Å². The largest absolute Gasteiger partial charge is 0.378 e. The summed E-state index contributed by atoms with van der Waals surface area (Å²) in [5, 5.41) is 3.38. The van der Waals surface area contributed by atoms with E-state index in [0.717, 1.165) is 10.2 Å². The first-order chi connectivity index (χ1) is 7.55. The van der Waals surface area contributed by atoms with E-state index in [1.165, 1.54) is 0 Å². The molecular formula is C12H16BrNO2. The van der Waals surface area contributed by atoms with Gasteiger partial charge < -0.3 is 14.8 Å². The molecule has 1 heterocycles. The fraction of sp³-hybridized carbons (Fsp3) is 0.500. The summed E-state index contributed by atoms with van der Waals surface area (Å²) in [5.41, 5.74) is 1.08. The number of rotatable bonds is 2. The quantitative estimate of drug-likeness (QED) is 0.906. The maximum Gasteiger partial charge on any atom is 0.162 e. The summed E-state index contributed by atoms with van der Waals surface area (Å²) < 4.78 is 12.2. The van der Waals surface area contributed by atoms with E-state index in [0.29, 0.717) is 13.2 Å². The van der Waals surface area contributed by atoms with E-state index < -0.39 is 5.79 Å². The second-order valence-corrected chi connectivity index (χ2v) is 5.29. The molecule has 4 heteroatoms. The summed E-state index contributed by atoms with van der Waals surface area (Å²) in [5.74, 6) is -0.447. The lowest BCUT2D eigenvalue weighted by molar-refractivity contribution is -0.247. The van der Waals surface area contributed by atoms with Crippen molar-refractivity contribution in [3.05, 3.63) is 28.7 Å². The van der Waals surface area contributed by atoms with Gasteiger partial charge >= 0.3 is 0 Å². The molecule has 0 spiro atoms. The number of benzene rings is 1. The van der Waals surface area contributed by atoms with E-state index in [1.54, 1.807) is 0 Å². The molecule has 1 aliphatic rings. The SMILES string of the molecule is CC1(C)OCC(Nc2ccc(Br)cc2)CO1. The Kier molecular flexibility index (Phi) is 3.52. The van der Waals surface area contributed by atoms with Gasteiger partial charge in [-0.15, -0.1) is 0 Å². The van der Waals surface area contributed by atoms with Crippen molar-refractivity contribution in [1.82, 2.24) is 0 Å². The summed E-state index contributed by atoms with van der Waals surface area (Å²) in [7, 11) is 0. The van der Waals surface area contributed by atoms with Crippen LogP contribution < -0.4 is 5.32 Å². The molecule has 1 aromatic rings. The van der Waals surface area contributed by atoms with E-state index in [9.17, 15) is 0 Å². The standard InChI is InChI=1S/C12H16BrNO2/c1-12(2)15-7-11(8-16-12)14-10-5-3-9(13)4-6-10/h3-6,11,14H,7-8H2,1-2H3. The van der Waals surface area contributed by atoms with Crippen molar-refractivity contribution in [3.63, 3.8) is 0 Å². The third-order valence-electron chi connectivity index (χ3n) is 2.48. The van der Waals surface area contributed by atoms with E-state index in [1.807, 2.05) is 38.1 Å². The zero-order valence-corrected chi connectivity index (χ0v) is 11.1. The Morgan fingerprint density at radius 3 is 2.31 bits per heavy atom. The molecule has 0 aliphatic carbocycles. The summed E-state index contributed by atoms with van der Waals surface area (Å²) in [6.07, 6.45) is 0. The maximum absolute atomic E-state index is 5.58. The Morgan fingerprint density at radius 1 is 1.19 bits per heavy atom. The van der Waals surface area contributed by atoms with Gasteiger partial charge in [-0.25, -0.2) is 0 Å². The zero-order valence-electron chi connectivity index (χ0n) is 9.50. The van der Waals surface area contributed by atoms with Gasteiger partial charge in [0.2, 0.25) is 0 Å². The van der Waals surface area contributed by atoms with Crippen LogP contribution in [0, 0.1) is 0 Å². The molecule has 2 rings (SSSR count). The number of halogens is 1. The monoisotopic (exact) mass is 285 g/mol. The van der Waals surface area contributed by atoms with E-state index in [4.69, 9.17) is 9.47 Å². The lowest BCUT2D eigenvalue weighted by atomic mass is 10.2. The van der Waals surface area contributed by atoms with Crippen molar-refractivity contribution in [3.8, 4) is 0 Å². The zero-order chi connectivity index (χ0) is 11.6. The van der Waals surface area contributed by atoms with Gasteiger partial charge in [0.15, 0.2) is 5.79 Å². The molecule has 0 unspecified atom stereocenters. The highest BCUT2D eigenvalue weighted by Crippen LogP contribution is 2.20. The smallest absolute Gasteiger partial charge is 0.162 e. The van der Waals surface area contributed by atoms with E-state index >= 15 is 0 Å². The van der Waals surface area contributed by atoms with Crippen LogP contribution in [-0.2, 0) is 9.47 Å². The molecule has 0 atom stereocenters. The molecule has 1 aliphatic heterocycles. The molecule has 1 N–H and O–H groups in total. The highest BCUT2D eigenvalue weighted by molar-refractivity contribution is 9.10. The van der Waals surface area contributed by atoms with Gasteiger partial charge in [-0.3, -0.25) is 0 Å². The topological polar surface area (TPSA) is 30.5 Å². The summed E-state index contributed by atoms with van der Waals surface area (Å²) in [4.78, 5) is 0. The first kappa shape index (κ1) is 11.9. The summed E-state index contributed by atoms with van der Waals surface area (Å²) in [6.45, 7) is 5.21. The predicted octanol–water partition coefficient (Wildman–Crippen LogP) is 3.01. The summed E-state index contributed by atoms with van der Waals surface area (Å²) >= 11 is 3.41. The second kappa shape index (κ2) is 4.73. The molecule has 88 valence electrons. The molecule has 0 bridgehead atoms. The lowest BCUT2D eigenvalue weighted by Crippen LogP contribution is -2.45. The van der Waals surface area contributed by atoms with Crippen LogP contribution in [0.3, 0.4) is 0 Å². The lowest BCUT2D eigenvalue weighted by Gasteiger charge is -2.35. The number of hydrogen-bond donors (Lipinski definition) is 1. The van der Waals surface area contributed by atoms with Crippen molar-refractivity contribution >= 4 is 21.6 Å². The Morgan fingerprint density at radius 2 is 1.75 bits per heavy atom. The van der Waals surface area contributed by atoms with Crippen molar-refractivity contribution in [2.24, 2.45) is 0 Å². The number of nitrogens with one attached hydrogen (secondary N) is 1.